The molecule has 4 nitrogen and oxygen atoms in total. The van der Waals surface area contributed by atoms with Gasteiger partial charge in [0.05, 0.1) is 6.10 Å². The summed E-state index contributed by atoms with van der Waals surface area (Å²) in [7, 11) is -3.38. The van der Waals surface area contributed by atoms with Crippen molar-refractivity contribution in [3.63, 3.8) is 0 Å². The summed E-state index contributed by atoms with van der Waals surface area (Å²) in [5.74, 6) is 0. The van der Waals surface area contributed by atoms with Crippen LogP contribution in [0.1, 0.15) is 0 Å². The van der Waals surface area contributed by atoms with Crippen molar-refractivity contribution in [3.8, 4) is 0 Å². The Kier molecular flexibility index (Phi) is 2.69. The summed E-state index contributed by atoms with van der Waals surface area (Å²) >= 11 is 4.36. The molecule has 0 saturated carbocycles. The third kappa shape index (κ3) is 1.63. The number of hydrogen-bond acceptors (Lipinski definition) is 4. The van der Waals surface area contributed by atoms with E-state index in [1.54, 1.807) is 11.4 Å². The van der Waals surface area contributed by atoms with Gasteiger partial charge in [-0.25, -0.2) is 8.42 Å². The third-order valence-electron chi connectivity index (χ3n) is 1.99. The van der Waals surface area contributed by atoms with Crippen LogP contribution in [-0.2, 0) is 10.0 Å². The second-order valence-electron chi connectivity index (χ2n) is 3.03. The molecule has 1 aromatic heterocycles. The lowest BCUT2D eigenvalue weighted by Gasteiger charge is -2.34. The van der Waals surface area contributed by atoms with Crippen molar-refractivity contribution in [2.45, 2.75) is 10.3 Å². The number of aliphatic hydroxyl groups is 1. The van der Waals surface area contributed by atoms with Crippen LogP contribution < -0.4 is 0 Å². The number of halogens is 1. The quantitative estimate of drug-likeness (QED) is 0.881. The predicted octanol–water partition coefficient (Wildman–Crippen LogP) is 0.876. The standard InChI is InChI=1S/C7H8BrNO3S2/c8-6-1-2-13-7(6)14(11,12)9-3-5(10)4-9/h1-2,5,10H,3-4H2. The average molecular weight is 298 g/mol. The summed E-state index contributed by atoms with van der Waals surface area (Å²) in [6, 6.07) is 1.70. The second-order valence-corrected chi connectivity index (χ2v) is 6.94. The number of β-amino-alcohol motifs (C(OH)–C–C–N with tert-alkyl or cyclic N) is 1. The summed E-state index contributed by atoms with van der Waals surface area (Å²) in [5, 5.41) is 10.7. The maximum Gasteiger partial charge on any atom is 0.253 e. The van der Waals surface area contributed by atoms with E-state index in [1.165, 1.54) is 15.6 Å². The van der Waals surface area contributed by atoms with Gasteiger partial charge < -0.3 is 5.11 Å². The van der Waals surface area contributed by atoms with E-state index in [1.807, 2.05) is 0 Å². The van der Waals surface area contributed by atoms with Crippen molar-refractivity contribution in [1.82, 2.24) is 4.31 Å². The summed E-state index contributed by atoms with van der Waals surface area (Å²) < 4.78 is 25.8. The predicted molar refractivity (Wildman–Crippen MR) is 56.8 cm³/mol. The van der Waals surface area contributed by atoms with Crippen molar-refractivity contribution >= 4 is 37.3 Å². The minimum atomic E-state index is -3.38. The fourth-order valence-electron chi connectivity index (χ4n) is 1.19. The van der Waals surface area contributed by atoms with Crippen LogP contribution in [0.3, 0.4) is 0 Å². The lowest BCUT2D eigenvalue weighted by Crippen LogP contribution is -2.53. The van der Waals surface area contributed by atoms with Crippen molar-refractivity contribution in [2.75, 3.05) is 13.1 Å². The molecule has 2 rings (SSSR count). The highest BCUT2D eigenvalue weighted by atomic mass is 79.9. The van der Waals surface area contributed by atoms with Crippen LogP contribution in [0.25, 0.3) is 0 Å². The Morgan fingerprint density at radius 2 is 2.21 bits per heavy atom. The Balaban J connectivity index is 2.30. The van der Waals surface area contributed by atoms with Gasteiger partial charge in [0.1, 0.15) is 4.21 Å². The molecule has 1 aliphatic rings. The third-order valence-corrected chi connectivity index (χ3v) is 6.47. The largest absolute Gasteiger partial charge is 0.390 e. The fourth-order valence-corrected chi connectivity index (χ4v) is 5.16. The normalized spacial score (nSPS) is 19.6. The zero-order valence-electron chi connectivity index (χ0n) is 7.05. The smallest absolute Gasteiger partial charge is 0.253 e. The zero-order chi connectivity index (χ0) is 10.3. The summed E-state index contributed by atoms with van der Waals surface area (Å²) in [4.78, 5) is 0. The molecule has 0 aromatic carbocycles. The average Bonchev–Trinajstić information content (AvgIpc) is 2.46. The van der Waals surface area contributed by atoms with Crippen LogP contribution in [0, 0.1) is 0 Å². The van der Waals surface area contributed by atoms with E-state index in [0.717, 1.165) is 0 Å². The van der Waals surface area contributed by atoms with Crippen molar-refractivity contribution in [3.05, 3.63) is 15.9 Å². The molecule has 0 spiro atoms. The Morgan fingerprint density at radius 1 is 1.57 bits per heavy atom. The molecule has 78 valence electrons. The molecule has 14 heavy (non-hydrogen) atoms. The van der Waals surface area contributed by atoms with Crippen molar-refractivity contribution in [2.24, 2.45) is 0 Å². The Labute approximate surface area is 94.3 Å². The molecule has 0 aliphatic carbocycles. The molecule has 0 bridgehead atoms. The minimum absolute atomic E-state index is 0.201. The summed E-state index contributed by atoms with van der Waals surface area (Å²) in [6.45, 7) is 0.402. The number of nitrogens with zero attached hydrogens (tertiary/aromatic N) is 1. The van der Waals surface area contributed by atoms with Crippen molar-refractivity contribution < 1.29 is 13.5 Å². The zero-order valence-corrected chi connectivity index (χ0v) is 10.3. The molecule has 0 radical (unpaired) electrons. The Morgan fingerprint density at radius 3 is 2.64 bits per heavy atom. The summed E-state index contributed by atoms with van der Waals surface area (Å²) in [5.41, 5.74) is 0. The van der Waals surface area contributed by atoms with E-state index in [0.29, 0.717) is 8.68 Å². The van der Waals surface area contributed by atoms with Gasteiger partial charge in [-0.15, -0.1) is 11.3 Å². The van der Waals surface area contributed by atoms with E-state index < -0.39 is 16.1 Å². The molecule has 1 N–H and O–H groups in total. The molecule has 0 atom stereocenters. The molecule has 7 heteroatoms. The first-order chi connectivity index (χ1) is 6.51. The van der Waals surface area contributed by atoms with E-state index in [9.17, 15) is 8.42 Å². The van der Waals surface area contributed by atoms with Crippen LogP contribution in [0.15, 0.2) is 20.1 Å². The SMILES string of the molecule is O=S(=O)(c1sccc1Br)N1CC(O)C1. The number of thiophene rings is 1. The van der Waals surface area contributed by atoms with Gasteiger partial charge >= 0.3 is 0 Å². The van der Waals surface area contributed by atoms with E-state index >= 15 is 0 Å². The topological polar surface area (TPSA) is 57.6 Å². The van der Waals surface area contributed by atoms with Crippen LogP contribution in [0.5, 0.6) is 0 Å². The van der Waals surface area contributed by atoms with Gasteiger partial charge in [-0.3, -0.25) is 0 Å². The Bertz CT molecular complexity index is 436. The molecular weight excluding hydrogens is 290 g/mol. The number of hydrogen-bond donors (Lipinski definition) is 1. The number of sulfonamides is 1. The second kappa shape index (κ2) is 3.57. The van der Waals surface area contributed by atoms with Crippen LogP contribution in [-0.4, -0.2) is 37.0 Å². The minimum Gasteiger partial charge on any atom is -0.390 e. The molecule has 1 aromatic rings. The van der Waals surface area contributed by atoms with Gasteiger partial charge in [0.15, 0.2) is 0 Å². The number of aliphatic hydroxyl groups excluding tert-OH is 1. The fraction of sp³-hybridized carbons (Fsp3) is 0.429. The van der Waals surface area contributed by atoms with Crippen molar-refractivity contribution in [1.29, 1.82) is 0 Å². The first-order valence-electron chi connectivity index (χ1n) is 3.93. The molecule has 1 aliphatic heterocycles. The first-order valence-corrected chi connectivity index (χ1v) is 7.04. The molecule has 1 saturated heterocycles. The van der Waals surface area contributed by atoms with Gasteiger partial charge in [0.25, 0.3) is 10.0 Å². The summed E-state index contributed by atoms with van der Waals surface area (Å²) in [6.07, 6.45) is -0.511. The van der Waals surface area contributed by atoms with Crippen LogP contribution in [0.4, 0.5) is 0 Å². The van der Waals surface area contributed by atoms with Crippen LogP contribution >= 0.6 is 27.3 Å². The first kappa shape index (κ1) is 10.6. The van der Waals surface area contributed by atoms with Gasteiger partial charge in [0.2, 0.25) is 0 Å². The lowest BCUT2D eigenvalue weighted by atomic mass is 10.2. The van der Waals surface area contributed by atoms with E-state index in [-0.39, 0.29) is 13.1 Å². The number of rotatable bonds is 2. The highest BCUT2D eigenvalue weighted by Crippen LogP contribution is 2.32. The van der Waals surface area contributed by atoms with Gasteiger partial charge in [-0.1, -0.05) is 0 Å². The van der Waals surface area contributed by atoms with E-state index in [4.69, 9.17) is 5.11 Å². The van der Waals surface area contributed by atoms with E-state index in [2.05, 4.69) is 15.9 Å². The van der Waals surface area contributed by atoms with Gasteiger partial charge in [-0.05, 0) is 27.4 Å². The highest BCUT2D eigenvalue weighted by molar-refractivity contribution is 9.10. The van der Waals surface area contributed by atoms with Crippen LogP contribution in [0.2, 0.25) is 0 Å². The molecule has 1 fully saturated rings. The molecule has 0 amide bonds. The maximum absolute atomic E-state index is 11.8. The monoisotopic (exact) mass is 297 g/mol. The van der Waals surface area contributed by atoms with Gasteiger partial charge in [0, 0.05) is 17.6 Å². The maximum atomic E-state index is 11.8. The van der Waals surface area contributed by atoms with Gasteiger partial charge in [-0.2, -0.15) is 4.31 Å². The lowest BCUT2D eigenvalue weighted by molar-refractivity contribution is 0.0549. The molecular formula is C7H8BrNO3S2. The molecule has 2 heterocycles. The highest BCUT2D eigenvalue weighted by Gasteiger charge is 2.37. The Hall–Kier alpha value is 0.0500. The molecule has 0 unspecified atom stereocenters.